The largest absolute Gasteiger partial charge is 0.477 e. The molecule has 2 aromatic heterocycles. The first kappa shape index (κ1) is 28.0. The SMILES string of the molecule is CCOc1ncccc1-c1ccc(N2CCN(C(=O)c3ccc(Cl)cc3Cl)C[C@H]2CC)c(OCCNC)n1. The maximum atomic E-state index is 13.3. The number of anilines is 1. The molecule has 202 valence electrons. The van der Waals surface area contributed by atoms with E-state index in [0.717, 1.165) is 23.4 Å². The summed E-state index contributed by atoms with van der Waals surface area (Å²) in [5.74, 6) is 0.989. The van der Waals surface area contributed by atoms with Crippen molar-refractivity contribution in [1.82, 2.24) is 20.2 Å². The lowest BCUT2D eigenvalue weighted by Crippen LogP contribution is -2.55. The number of pyridine rings is 2. The molecule has 0 radical (unpaired) electrons. The van der Waals surface area contributed by atoms with Crippen molar-refractivity contribution in [3.8, 4) is 23.0 Å². The van der Waals surface area contributed by atoms with E-state index in [1.165, 1.54) is 0 Å². The number of benzene rings is 1. The number of aromatic nitrogens is 2. The van der Waals surface area contributed by atoms with E-state index < -0.39 is 0 Å². The van der Waals surface area contributed by atoms with Gasteiger partial charge in [-0.05, 0) is 62.9 Å². The Morgan fingerprint density at radius 2 is 1.95 bits per heavy atom. The highest BCUT2D eigenvalue weighted by Crippen LogP contribution is 2.35. The van der Waals surface area contributed by atoms with Crippen LogP contribution < -0.4 is 19.7 Å². The second-order valence-electron chi connectivity index (χ2n) is 8.89. The maximum Gasteiger partial charge on any atom is 0.255 e. The second-order valence-corrected chi connectivity index (χ2v) is 9.74. The number of nitrogens with zero attached hydrogens (tertiary/aromatic N) is 4. The smallest absolute Gasteiger partial charge is 0.255 e. The molecule has 1 fully saturated rings. The number of halogens is 2. The monoisotopic (exact) mass is 557 g/mol. The summed E-state index contributed by atoms with van der Waals surface area (Å²) in [7, 11) is 1.88. The van der Waals surface area contributed by atoms with Gasteiger partial charge in [-0.1, -0.05) is 30.1 Å². The molecule has 4 rings (SSSR count). The molecule has 3 heterocycles. The number of hydrogen-bond donors (Lipinski definition) is 1. The van der Waals surface area contributed by atoms with Crippen molar-refractivity contribution in [2.75, 3.05) is 51.3 Å². The van der Waals surface area contributed by atoms with Crippen molar-refractivity contribution in [3.05, 3.63) is 64.3 Å². The van der Waals surface area contributed by atoms with Crippen LogP contribution in [0, 0.1) is 0 Å². The molecule has 1 saturated heterocycles. The summed E-state index contributed by atoms with van der Waals surface area (Å²) >= 11 is 12.4. The lowest BCUT2D eigenvalue weighted by molar-refractivity contribution is 0.0721. The number of nitrogens with one attached hydrogen (secondary N) is 1. The molecule has 0 spiro atoms. The molecule has 1 aliphatic rings. The van der Waals surface area contributed by atoms with E-state index in [0.29, 0.717) is 66.8 Å². The van der Waals surface area contributed by atoms with Crippen LogP contribution in [0.15, 0.2) is 48.7 Å². The molecule has 0 aliphatic carbocycles. The van der Waals surface area contributed by atoms with E-state index >= 15 is 0 Å². The molecule has 1 N–H and O–H groups in total. The Morgan fingerprint density at radius 3 is 2.68 bits per heavy atom. The van der Waals surface area contributed by atoms with Crippen molar-refractivity contribution in [1.29, 1.82) is 0 Å². The third-order valence-electron chi connectivity index (χ3n) is 6.47. The molecule has 1 amide bonds. The molecule has 1 aromatic carbocycles. The third kappa shape index (κ3) is 6.31. The molecule has 1 atom stereocenters. The molecular formula is C28H33Cl2N5O3. The average molecular weight is 559 g/mol. The first-order valence-corrected chi connectivity index (χ1v) is 13.6. The zero-order valence-corrected chi connectivity index (χ0v) is 23.4. The topological polar surface area (TPSA) is 79.8 Å². The van der Waals surface area contributed by atoms with Crippen molar-refractivity contribution >= 4 is 34.8 Å². The molecule has 1 aliphatic heterocycles. The van der Waals surface area contributed by atoms with Crippen molar-refractivity contribution in [3.63, 3.8) is 0 Å². The van der Waals surface area contributed by atoms with Gasteiger partial charge in [0.1, 0.15) is 12.3 Å². The number of likely N-dealkylation sites (N-methyl/N-ethyl adjacent to an activating group) is 1. The predicted molar refractivity (Wildman–Crippen MR) is 152 cm³/mol. The van der Waals surface area contributed by atoms with Gasteiger partial charge in [0, 0.05) is 43.4 Å². The third-order valence-corrected chi connectivity index (χ3v) is 7.02. The number of piperazine rings is 1. The Kier molecular flexibility index (Phi) is 9.66. The van der Waals surface area contributed by atoms with Gasteiger partial charge in [0.2, 0.25) is 11.8 Å². The van der Waals surface area contributed by atoms with Crippen LogP contribution in [0.3, 0.4) is 0 Å². The zero-order chi connectivity index (χ0) is 27.1. The van der Waals surface area contributed by atoms with Crippen LogP contribution in [0.5, 0.6) is 11.8 Å². The Morgan fingerprint density at radius 1 is 1.11 bits per heavy atom. The summed E-state index contributed by atoms with van der Waals surface area (Å²) in [4.78, 5) is 26.7. The van der Waals surface area contributed by atoms with Crippen LogP contribution in [-0.4, -0.2) is 73.3 Å². The highest BCUT2D eigenvalue weighted by Gasteiger charge is 2.32. The first-order valence-electron chi connectivity index (χ1n) is 12.8. The molecule has 3 aromatic rings. The fraction of sp³-hybridized carbons (Fsp3) is 0.393. The second kappa shape index (κ2) is 13.1. The van der Waals surface area contributed by atoms with E-state index in [2.05, 4.69) is 22.1 Å². The Labute approximate surface area is 233 Å². The van der Waals surface area contributed by atoms with Crippen molar-refractivity contribution in [2.24, 2.45) is 0 Å². The summed E-state index contributed by atoms with van der Waals surface area (Å²) in [6.07, 6.45) is 2.55. The highest BCUT2D eigenvalue weighted by atomic mass is 35.5. The quantitative estimate of drug-likeness (QED) is 0.343. The van der Waals surface area contributed by atoms with Crippen LogP contribution in [0.4, 0.5) is 5.69 Å². The van der Waals surface area contributed by atoms with Gasteiger partial charge in [0.15, 0.2) is 0 Å². The van der Waals surface area contributed by atoms with Crippen LogP contribution in [0.25, 0.3) is 11.3 Å². The van der Waals surface area contributed by atoms with E-state index in [-0.39, 0.29) is 11.9 Å². The number of rotatable bonds is 10. The van der Waals surface area contributed by atoms with E-state index in [1.807, 2.05) is 43.1 Å². The lowest BCUT2D eigenvalue weighted by atomic mass is 10.1. The van der Waals surface area contributed by atoms with Crippen LogP contribution in [0.1, 0.15) is 30.6 Å². The van der Waals surface area contributed by atoms with Crippen LogP contribution >= 0.6 is 23.2 Å². The normalized spacial score (nSPS) is 15.4. The molecule has 0 saturated carbocycles. The molecule has 0 unspecified atom stereocenters. The zero-order valence-electron chi connectivity index (χ0n) is 21.9. The van der Waals surface area contributed by atoms with Gasteiger partial charge in [-0.3, -0.25) is 4.79 Å². The van der Waals surface area contributed by atoms with E-state index in [9.17, 15) is 4.79 Å². The first-order chi connectivity index (χ1) is 18.5. The van der Waals surface area contributed by atoms with Gasteiger partial charge in [-0.2, -0.15) is 0 Å². The van der Waals surface area contributed by atoms with E-state index in [4.69, 9.17) is 37.7 Å². The van der Waals surface area contributed by atoms with Gasteiger partial charge in [0.25, 0.3) is 5.91 Å². The van der Waals surface area contributed by atoms with Crippen molar-refractivity contribution in [2.45, 2.75) is 26.3 Å². The van der Waals surface area contributed by atoms with Gasteiger partial charge < -0.3 is 24.6 Å². The predicted octanol–water partition coefficient (Wildman–Crippen LogP) is 5.19. The molecule has 10 heteroatoms. The molecule has 38 heavy (non-hydrogen) atoms. The Bertz CT molecular complexity index is 1260. The number of amides is 1. The van der Waals surface area contributed by atoms with Crippen molar-refractivity contribution < 1.29 is 14.3 Å². The van der Waals surface area contributed by atoms with Gasteiger partial charge >= 0.3 is 0 Å². The van der Waals surface area contributed by atoms with Gasteiger partial charge in [0.05, 0.1) is 28.5 Å². The molecular weight excluding hydrogens is 525 g/mol. The number of carbonyl (C=O) groups is 1. The van der Waals surface area contributed by atoms with Crippen LogP contribution in [-0.2, 0) is 0 Å². The van der Waals surface area contributed by atoms with Crippen LogP contribution in [0.2, 0.25) is 10.0 Å². The van der Waals surface area contributed by atoms with Gasteiger partial charge in [-0.15, -0.1) is 0 Å². The summed E-state index contributed by atoms with van der Waals surface area (Å²) in [5, 5.41) is 3.98. The number of ether oxygens (including phenoxy) is 2. The highest BCUT2D eigenvalue weighted by molar-refractivity contribution is 6.36. The average Bonchev–Trinajstić information content (AvgIpc) is 2.93. The maximum absolute atomic E-state index is 13.3. The standard InChI is InChI=1S/C28H33Cl2N5O3/c1-4-20-18-34(28(36)21-9-8-19(29)17-23(21)30)14-15-35(20)25-11-10-24(33-27(25)38-16-13-31-3)22-7-6-12-32-26(22)37-5-2/h6-12,17,20,31H,4-5,13-16,18H2,1-3H3/t20-/m1/s1. The fourth-order valence-corrected chi connectivity index (χ4v) is 5.02. The Hall–Kier alpha value is -3.07. The van der Waals surface area contributed by atoms with Gasteiger partial charge in [-0.25, -0.2) is 9.97 Å². The number of hydrogen-bond acceptors (Lipinski definition) is 7. The summed E-state index contributed by atoms with van der Waals surface area (Å²) in [5.41, 5.74) is 2.89. The lowest BCUT2D eigenvalue weighted by Gasteiger charge is -2.42. The Balaban J connectivity index is 1.61. The fourth-order valence-electron chi connectivity index (χ4n) is 4.53. The minimum atomic E-state index is -0.0937. The molecule has 8 nitrogen and oxygen atoms in total. The number of carbonyl (C=O) groups excluding carboxylic acids is 1. The summed E-state index contributed by atoms with van der Waals surface area (Å²) in [6.45, 7) is 7.45. The summed E-state index contributed by atoms with van der Waals surface area (Å²) in [6, 6.07) is 12.9. The molecule has 0 bridgehead atoms. The van der Waals surface area contributed by atoms with E-state index in [1.54, 1.807) is 24.4 Å². The summed E-state index contributed by atoms with van der Waals surface area (Å²) < 4.78 is 11.9. The minimum Gasteiger partial charge on any atom is -0.477 e. The minimum absolute atomic E-state index is 0.0791.